The van der Waals surface area contributed by atoms with Gasteiger partial charge in [-0.1, -0.05) is 77.7 Å². The van der Waals surface area contributed by atoms with Gasteiger partial charge in [-0.3, -0.25) is 4.99 Å². The topological polar surface area (TPSA) is 32.6 Å². The first-order valence-electron chi connectivity index (χ1n) is 10.1. The van der Waals surface area contributed by atoms with E-state index in [1.165, 1.54) is 69.8 Å². The lowest BCUT2D eigenvalue weighted by atomic mass is 10.0. The molecule has 0 aliphatic rings. The van der Waals surface area contributed by atoms with E-state index < -0.39 is 0 Å². The normalized spacial score (nSPS) is 11.4. The van der Waals surface area contributed by atoms with Crippen LogP contribution in [0.5, 0.6) is 5.75 Å². The van der Waals surface area contributed by atoms with E-state index in [0.717, 1.165) is 24.9 Å². The fraction of sp³-hybridized carbons (Fsp3) is 0.682. The third-order valence-corrected chi connectivity index (χ3v) is 4.53. The number of phenols is 1. The molecule has 0 fully saturated rings. The lowest BCUT2D eigenvalue weighted by Gasteiger charge is -2.05. The van der Waals surface area contributed by atoms with Gasteiger partial charge in [0, 0.05) is 18.3 Å². The molecule has 0 radical (unpaired) electrons. The van der Waals surface area contributed by atoms with Crippen molar-refractivity contribution in [2.45, 2.75) is 90.9 Å². The van der Waals surface area contributed by atoms with Crippen molar-refractivity contribution in [3.8, 4) is 5.75 Å². The molecule has 0 unspecified atom stereocenters. The lowest BCUT2D eigenvalue weighted by molar-refractivity contribution is 0.474. The average molecular weight is 332 g/mol. The maximum atomic E-state index is 9.99. The summed E-state index contributed by atoms with van der Waals surface area (Å²) in [4.78, 5) is 4.49. The van der Waals surface area contributed by atoms with Gasteiger partial charge in [0.1, 0.15) is 5.75 Å². The van der Waals surface area contributed by atoms with Crippen molar-refractivity contribution in [3.05, 3.63) is 29.3 Å². The van der Waals surface area contributed by atoms with Crippen LogP contribution in [0.15, 0.2) is 23.2 Å². The Kier molecular flexibility index (Phi) is 12.2. The Morgan fingerprint density at radius 1 is 0.833 bits per heavy atom. The minimum atomic E-state index is 0.344. The van der Waals surface area contributed by atoms with E-state index in [1.54, 1.807) is 0 Å². The Hall–Kier alpha value is -1.31. The fourth-order valence-electron chi connectivity index (χ4n) is 2.94. The first kappa shape index (κ1) is 20.7. The molecule has 1 aromatic rings. The van der Waals surface area contributed by atoms with Gasteiger partial charge < -0.3 is 5.11 Å². The van der Waals surface area contributed by atoms with Crippen LogP contribution in [0.1, 0.15) is 95.6 Å². The van der Waals surface area contributed by atoms with Crippen LogP contribution in [0.25, 0.3) is 0 Å². The zero-order valence-electron chi connectivity index (χ0n) is 15.9. The number of aromatic hydroxyl groups is 1. The van der Waals surface area contributed by atoms with E-state index in [1.807, 2.05) is 18.3 Å². The molecule has 0 aliphatic carbocycles. The maximum Gasteiger partial charge on any atom is 0.124 e. The quantitative estimate of drug-likeness (QED) is 0.299. The van der Waals surface area contributed by atoms with E-state index in [2.05, 4.69) is 24.9 Å². The van der Waals surface area contributed by atoms with E-state index >= 15 is 0 Å². The van der Waals surface area contributed by atoms with Gasteiger partial charge in [0.25, 0.3) is 0 Å². The molecular weight excluding hydrogens is 294 g/mol. The molecule has 0 spiro atoms. The number of phenolic OH excluding ortho intramolecular Hbond substituents is 1. The van der Waals surface area contributed by atoms with Gasteiger partial charge in [0.05, 0.1) is 0 Å². The van der Waals surface area contributed by atoms with Gasteiger partial charge in [-0.15, -0.1) is 0 Å². The molecule has 1 aromatic carbocycles. The molecule has 0 heterocycles. The van der Waals surface area contributed by atoms with Crippen LogP contribution >= 0.6 is 0 Å². The third-order valence-electron chi connectivity index (χ3n) is 4.53. The van der Waals surface area contributed by atoms with Crippen molar-refractivity contribution >= 4 is 6.21 Å². The predicted octanol–water partition coefficient (Wildman–Crippen LogP) is 6.68. The molecule has 24 heavy (non-hydrogen) atoms. The van der Waals surface area contributed by atoms with Crippen LogP contribution in [-0.2, 0) is 6.42 Å². The summed E-state index contributed by atoms with van der Waals surface area (Å²) in [6, 6.07) is 5.96. The molecule has 0 atom stereocenters. The highest BCUT2D eigenvalue weighted by atomic mass is 16.3. The van der Waals surface area contributed by atoms with Crippen LogP contribution in [0, 0.1) is 0 Å². The van der Waals surface area contributed by atoms with Gasteiger partial charge in [0.15, 0.2) is 0 Å². The SMILES string of the molecule is CCCCCCCCc1ccc(O)c(C=NCCCCCCC)c1. The summed E-state index contributed by atoms with van der Waals surface area (Å²) < 4.78 is 0. The minimum Gasteiger partial charge on any atom is -0.507 e. The molecule has 0 amide bonds. The standard InChI is InChI=1S/C22H37NO/c1-3-5-7-9-10-12-14-20-15-16-22(24)21(18-20)19-23-17-13-11-8-6-4-2/h15-16,18-19,24H,3-14,17H2,1-2H3. The molecule has 1 rings (SSSR count). The molecule has 0 aromatic heterocycles. The van der Waals surface area contributed by atoms with Gasteiger partial charge in [-0.2, -0.15) is 0 Å². The summed E-state index contributed by atoms with van der Waals surface area (Å²) >= 11 is 0. The minimum absolute atomic E-state index is 0.344. The third kappa shape index (κ3) is 9.75. The molecule has 0 bridgehead atoms. The van der Waals surface area contributed by atoms with E-state index in [-0.39, 0.29) is 0 Å². The number of rotatable bonds is 14. The molecular formula is C22H37NO. The Morgan fingerprint density at radius 2 is 1.46 bits per heavy atom. The van der Waals surface area contributed by atoms with Crippen molar-refractivity contribution in [1.29, 1.82) is 0 Å². The average Bonchev–Trinajstić information content (AvgIpc) is 2.59. The fourth-order valence-corrected chi connectivity index (χ4v) is 2.94. The Morgan fingerprint density at radius 3 is 2.17 bits per heavy atom. The summed E-state index contributed by atoms with van der Waals surface area (Å²) in [5.74, 6) is 0.344. The van der Waals surface area contributed by atoms with Crippen LogP contribution in [0.2, 0.25) is 0 Å². The number of benzene rings is 1. The molecule has 136 valence electrons. The Labute approximate surface area is 149 Å². The largest absolute Gasteiger partial charge is 0.507 e. The van der Waals surface area contributed by atoms with Gasteiger partial charge in [-0.25, -0.2) is 0 Å². The summed E-state index contributed by atoms with van der Waals surface area (Å²) in [5.41, 5.74) is 2.18. The Bertz CT molecular complexity index is 453. The molecule has 1 N–H and O–H groups in total. The second-order valence-electron chi connectivity index (χ2n) is 6.86. The molecule has 0 saturated heterocycles. The summed E-state index contributed by atoms with van der Waals surface area (Å²) in [7, 11) is 0. The van der Waals surface area contributed by atoms with Gasteiger partial charge >= 0.3 is 0 Å². The number of aliphatic imine (C=N–C) groups is 1. The number of aryl methyl sites for hydroxylation is 1. The monoisotopic (exact) mass is 331 g/mol. The number of unbranched alkanes of at least 4 members (excludes halogenated alkanes) is 9. The van der Waals surface area contributed by atoms with Gasteiger partial charge in [0.2, 0.25) is 0 Å². The van der Waals surface area contributed by atoms with E-state index in [9.17, 15) is 5.11 Å². The second kappa shape index (κ2) is 14.1. The molecule has 2 nitrogen and oxygen atoms in total. The van der Waals surface area contributed by atoms with Crippen LogP contribution in [0.3, 0.4) is 0 Å². The number of hydrogen-bond acceptors (Lipinski definition) is 2. The Balaban J connectivity index is 2.31. The van der Waals surface area contributed by atoms with Crippen molar-refractivity contribution in [3.63, 3.8) is 0 Å². The first-order valence-corrected chi connectivity index (χ1v) is 10.1. The van der Waals surface area contributed by atoms with Gasteiger partial charge in [-0.05, 0) is 37.0 Å². The zero-order chi connectivity index (χ0) is 17.5. The number of nitrogens with zero attached hydrogens (tertiary/aromatic N) is 1. The highest BCUT2D eigenvalue weighted by Gasteiger charge is 2.01. The van der Waals surface area contributed by atoms with Crippen molar-refractivity contribution in [1.82, 2.24) is 0 Å². The number of hydrogen-bond donors (Lipinski definition) is 1. The maximum absolute atomic E-state index is 9.99. The highest BCUT2D eigenvalue weighted by molar-refractivity contribution is 5.83. The predicted molar refractivity (Wildman–Crippen MR) is 106 cm³/mol. The summed E-state index contributed by atoms with van der Waals surface area (Å²) in [5, 5.41) is 9.99. The molecule has 0 aliphatic heterocycles. The van der Waals surface area contributed by atoms with Crippen molar-refractivity contribution < 1.29 is 5.11 Å². The summed E-state index contributed by atoms with van der Waals surface area (Å²) in [6.45, 7) is 5.36. The first-order chi connectivity index (χ1) is 11.8. The van der Waals surface area contributed by atoms with Crippen LogP contribution < -0.4 is 0 Å². The molecule has 2 heteroatoms. The smallest absolute Gasteiger partial charge is 0.124 e. The van der Waals surface area contributed by atoms with Crippen molar-refractivity contribution in [2.24, 2.45) is 4.99 Å². The summed E-state index contributed by atoms with van der Waals surface area (Å²) in [6.07, 6.45) is 17.2. The molecule has 0 saturated carbocycles. The van der Waals surface area contributed by atoms with Crippen molar-refractivity contribution in [2.75, 3.05) is 6.54 Å². The lowest BCUT2D eigenvalue weighted by Crippen LogP contribution is -1.91. The zero-order valence-corrected chi connectivity index (χ0v) is 15.9. The van der Waals surface area contributed by atoms with Crippen LogP contribution in [-0.4, -0.2) is 17.9 Å². The van der Waals surface area contributed by atoms with E-state index in [0.29, 0.717) is 5.75 Å². The van der Waals surface area contributed by atoms with E-state index in [4.69, 9.17) is 0 Å². The van der Waals surface area contributed by atoms with Crippen LogP contribution in [0.4, 0.5) is 0 Å². The second-order valence-corrected chi connectivity index (χ2v) is 6.86. The highest BCUT2D eigenvalue weighted by Crippen LogP contribution is 2.18.